The van der Waals surface area contributed by atoms with Crippen LogP contribution in [0.3, 0.4) is 0 Å². The van der Waals surface area contributed by atoms with Crippen LogP contribution < -0.4 is 5.32 Å². The lowest BCUT2D eigenvalue weighted by molar-refractivity contribution is -0.126. The smallest absolute Gasteiger partial charge is 0.262 e. The number of fused-ring (bicyclic) bond motifs is 2. The van der Waals surface area contributed by atoms with Crippen LogP contribution >= 0.6 is 11.8 Å². The molecule has 2 aromatic carbocycles. The Bertz CT molecular complexity index is 924. The molecule has 0 saturated carbocycles. The SMILES string of the molecule is CSCC[C@@H](C(=O)N[C@H]1CCCc2ccccc21)N1C(=O)c2ccccc2C1=O. The summed E-state index contributed by atoms with van der Waals surface area (Å²) in [5, 5.41) is 3.13. The Morgan fingerprint density at radius 2 is 1.76 bits per heavy atom. The fourth-order valence-electron chi connectivity index (χ4n) is 4.27. The van der Waals surface area contributed by atoms with Gasteiger partial charge in [0, 0.05) is 0 Å². The van der Waals surface area contributed by atoms with Gasteiger partial charge in [-0.25, -0.2) is 0 Å². The van der Waals surface area contributed by atoms with Crippen LogP contribution in [0.2, 0.25) is 0 Å². The van der Waals surface area contributed by atoms with Gasteiger partial charge in [-0.05, 0) is 61.0 Å². The van der Waals surface area contributed by atoms with Gasteiger partial charge in [-0.3, -0.25) is 19.3 Å². The first-order valence-corrected chi connectivity index (χ1v) is 11.3. The highest BCUT2D eigenvalue weighted by Gasteiger charge is 2.42. The van der Waals surface area contributed by atoms with Crippen molar-refractivity contribution in [2.45, 2.75) is 37.8 Å². The van der Waals surface area contributed by atoms with Crippen LogP contribution in [0, 0.1) is 0 Å². The Morgan fingerprint density at radius 1 is 1.10 bits per heavy atom. The minimum absolute atomic E-state index is 0.0839. The number of rotatable bonds is 6. The second-order valence-electron chi connectivity index (χ2n) is 7.48. The lowest BCUT2D eigenvalue weighted by atomic mass is 9.87. The van der Waals surface area contributed by atoms with E-state index in [-0.39, 0.29) is 23.8 Å². The summed E-state index contributed by atoms with van der Waals surface area (Å²) < 4.78 is 0. The van der Waals surface area contributed by atoms with E-state index in [4.69, 9.17) is 0 Å². The van der Waals surface area contributed by atoms with E-state index in [1.165, 1.54) is 5.56 Å². The van der Waals surface area contributed by atoms with Gasteiger partial charge < -0.3 is 5.32 Å². The largest absolute Gasteiger partial charge is 0.347 e. The molecule has 2 atom stereocenters. The molecule has 1 N–H and O–H groups in total. The normalized spacial score (nSPS) is 18.9. The standard InChI is InChI=1S/C23H24N2O3S/c1-29-14-13-20(25-22(27)17-10-4-5-11-18(17)23(25)28)21(26)24-19-12-6-8-15-7-2-3-9-16(15)19/h2-5,7,9-11,19-20H,6,8,12-14H2,1H3,(H,24,26)/t19-,20-/m0/s1. The van der Waals surface area contributed by atoms with Crippen LogP contribution in [-0.2, 0) is 11.2 Å². The summed E-state index contributed by atoms with van der Waals surface area (Å²) in [6, 6.07) is 14.0. The Hall–Kier alpha value is -2.60. The maximum Gasteiger partial charge on any atom is 0.262 e. The van der Waals surface area contributed by atoms with E-state index < -0.39 is 6.04 Å². The third-order valence-electron chi connectivity index (χ3n) is 5.72. The number of aryl methyl sites for hydroxylation is 1. The number of amides is 3. The van der Waals surface area contributed by atoms with Gasteiger partial charge >= 0.3 is 0 Å². The van der Waals surface area contributed by atoms with Gasteiger partial charge in [0.15, 0.2) is 0 Å². The summed E-state index contributed by atoms with van der Waals surface area (Å²) in [6.07, 6.45) is 5.27. The van der Waals surface area contributed by atoms with Crippen molar-refractivity contribution in [3.8, 4) is 0 Å². The Kier molecular flexibility index (Phi) is 5.72. The van der Waals surface area contributed by atoms with Gasteiger partial charge in [-0.2, -0.15) is 11.8 Å². The van der Waals surface area contributed by atoms with E-state index in [1.54, 1.807) is 36.0 Å². The summed E-state index contributed by atoms with van der Waals surface area (Å²) in [6.45, 7) is 0. The second-order valence-corrected chi connectivity index (χ2v) is 8.46. The lowest BCUT2D eigenvalue weighted by Gasteiger charge is -2.30. The molecule has 5 nitrogen and oxygen atoms in total. The number of carbonyl (C=O) groups is 3. The molecular formula is C23H24N2O3S. The molecule has 0 aromatic heterocycles. The molecule has 0 bridgehead atoms. The Labute approximate surface area is 174 Å². The van der Waals surface area contributed by atoms with Crippen LogP contribution in [0.1, 0.15) is 57.1 Å². The molecule has 0 unspecified atom stereocenters. The number of hydrogen-bond acceptors (Lipinski definition) is 4. The summed E-state index contributed by atoms with van der Waals surface area (Å²) >= 11 is 1.60. The maximum absolute atomic E-state index is 13.3. The Morgan fingerprint density at radius 3 is 2.45 bits per heavy atom. The zero-order valence-electron chi connectivity index (χ0n) is 16.4. The predicted molar refractivity (Wildman–Crippen MR) is 114 cm³/mol. The average Bonchev–Trinajstić information content (AvgIpc) is 3.00. The molecule has 0 fully saturated rings. The first-order chi connectivity index (χ1) is 14.1. The van der Waals surface area contributed by atoms with Crippen molar-refractivity contribution in [2.24, 2.45) is 0 Å². The third kappa shape index (κ3) is 3.69. The van der Waals surface area contributed by atoms with Gasteiger partial charge in [0.25, 0.3) is 11.8 Å². The molecular weight excluding hydrogens is 384 g/mol. The first-order valence-electron chi connectivity index (χ1n) is 9.96. The molecule has 0 radical (unpaired) electrons. The number of carbonyl (C=O) groups excluding carboxylic acids is 3. The number of hydrogen-bond donors (Lipinski definition) is 1. The molecule has 29 heavy (non-hydrogen) atoms. The van der Waals surface area contributed by atoms with Crippen molar-refractivity contribution >= 4 is 29.5 Å². The molecule has 2 aromatic rings. The Balaban J connectivity index is 1.59. The van der Waals surface area contributed by atoms with E-state index in [9.17, 15) is 14.4 Å². The zero-order valence-corrected chi connectivity index (χ0v) is 17.2. The fraction of sp³-hybridized carbons (Fsp3) is 0.348. The van der Waals surface area contributed by atoms with E-state index >= 15 is 0 Å². The van der Waals surface area contributed by atoms with Crippen LogP contribution in [0.25, 0.3) is 0 Å². The van der Waals surface area contributed by atoms with Gasteiger partial charge in [-0.15, -0.1) is 0 Å². The summed E-state index contributed by atoms with van der Waals surface area (Å²) in [4.78, 5) is 40.3. The first kappa shape index (κ1) is 19.7. The van der Waals surface area contributed by atoms with E-state index in [0.29, 0.717) is 23.3 Å². The fourth-order valence-corrected chi connectivity index (χ4v) is 4.73. The molecule has 2 aliphatic rings. The summed E-state index contributed by atoms with van der Waals surface area (Å²) in [5.74, 6) is -0.325. The highest BCUT2D eigenvalue weighted by Crippen LogP contribution is 2.31. The van der Waals surface area contributed by atoms with Crippen molar-refractivity contribution < 1.29 is 14.4 Å². The van der Waals surface area contributed by atoms with Crippen molar-refractivity contribution in [3.63, 3.8) is 0 Å². The van der Waals surface area contributed by atoms with Gasteiger partial charge in [-0.1, -0.05) is 36.4 Å². The van der Waals surface area contributed by atoms with E-state index in [1.807, 2.05) is 18.4 Å². The van der Waals surface area contributed by atoms with Crippen LogP contribution in [0.5, 0.6) is 0 Å². The monoisotopic (exact) mass is 408 g/mol. The topological polar surface area (TPSA) is 66.5 Å². The zero-order chi connectivity index (χ0) is 20.4. The van der Waals surface area contributed by atoms with Crippen molar-refractivity contribution in [3.05, 3.63) is 70.8 Å². The molecule has 1 aliphatic carbocycles. The van der Waals surface area contributed by atoms with Crippen molar-refractivity contribution in [1.29, 1.82) is 0 Å². The molecule has 1 heterocycles. The minimum atomic E-state index is -0.802. The van der Waals surface area contributed by atoms with Crippen LogP contribution in [0.4, 0.5) is 0 Å². The van der Waals surface area contributed by atoms with Gasteiger partial charge in [0.05, 0.1) is 17.2 Å². The van der Waals surface area contributed by atoms with Gasteiger partial charge in [0.2, 0.25) is 5.91 Å². The average molecular weight is 409 g/mol. The van der Waals surface area contributed by atoms with Crippen LogP contribution in [0.15, 0.2) is 48.5 Å². The molecule has 3 amide bonds. The number of imide groups is 1. The summed E-state index contributed by atoms with van der Waals surface area (Å²) in [7, 11) is 0. The number of thioether (sulfide) groups is 1. The second kappa shape index (κ2) is 8.41. The van der Waals surface area contributed by atoms with E-state index in [0.717, 1.165) is 29.7 Å². The predicted octanol–water partition coefficient (Wildman–Crippen LogP) is 3.60. The van der Waals surface area contributed by atoms with Gasteiger partial charge in [0.1, 0.15) is 6.04 Å². The molecule has 6 heteroatoms. The van der Waals surface area contributed by atoms with Crippen molar-refractivity contribution in [1.82, 2.24) is 10.2 Å². The van der Waals surface area contributed by atoms with Crippen molar-refractivity contribution in [2.75, 3.05) is 12.0 Å². The minimum Gasteiger partial charge on any atom is -0.347 e. The lowest BCUT2D eigenvalue weighted by Crippen LogP contribution is -2.50. The molecule has 150 valence electrons. The van der Waals surface area contributed by atoms with E-state index in [2.05, 4.69) is 17.4 Å². The number of benzene rings is 2. The molecule has 0 saturated heterocycles. The molecule has 0 spiro atoms. The highest BCUT2D eigenvalue weighted by molar-refractivity contribution is 7.98. The number of nitrogens with one attached hydrogen (secondary N) is 1. The quantitative estimate of drug-likeness (QED) is 0.742. The molecule has 1 aliphatic heterocycles. The third-order valence-corrected chi connectivity index (χ3v) is 6.37. The molecule has 4 rings (SSSR count). The highest BCUT2D eigenvalue weighted by atomic mass is 32.2. The number of nitrogens with zero attached hydrogens (tertiary/aromatic N) is 1. The maximum atomic E-state index is 13.3. The van der Waals surface area contributed by atoms with Crippen LogP contribution in [-0.4, -0.2) is 40.7 Å². The summed E-state index contributed by atoms with van der Waals surface area (Å²) in [5.41, 5.74) is 3.15.